The molecule has 0 radical (unpaired) electrons. The summed E-state index contributed by atoms with van der Waals surface area (Å²) in [7, 11) is 0. The van der Waals surface area contributed by atoms with Crippen molar-refractivity contribution in [2.45, 2.75) is 39.5 Å². The standard InChI is InChI=1S/C11H18N2/c1-3-4-5-6-10-8-13-11(12)7-9(10)2/h7-8H,3-6H2,1-2H3,(H2,12,13). The number of hydrogen-bond donors (Lipinski definition) is 1. The molecule has 0 spiro atoms. The number of nitrogen functional groups attached to an aromatic ring is 1. The first-order chi connectivity index (χ1) is 6.24. The molecule has 1 aromatic heterocycles. The monoisotopic (exact) mass is 178 g/mol. The van der Waals surface area contributed by atoms with Gasteiger partial charge in [0.1, 0.15) is 5.82 Å². The normalized spacial score (nSPS) is 10.3. The zero-order valence-electron chi connectivity index (χ0n) is 8.51. The van der Waals surface area contributed by atoms with Crippen LogP contribution in [0.25, 0.3) is 0 Å². The van der Waals surface area contributed by atoms with Crippen molar-refractivity contribution in [1.82, 2.24) is 4.98 Å². The Labute approximate surface area is 80.2 Å². The van der Waals surface area contributed by atoms with Gasteiger partial charge in [-0.1, -0.05) is 19.8 Å². The van der Waals surface area contributed by atoms with Crippen LogP contribution in [0, 0.1) is 6.92 Å². The zero-order chi connectivity index (χ0) is 9.68. The molecule has 0 aliphatic heterocycles. The molecule has 1 aromatic rings. The summed E-state index contributed by atoms with van der Waals surface area (Å²) < 4.78 is 0. The maximum atomic E-state index is 5.57. The summed E-state index contributed by atoms with van der Waals surface area (Å²) in [4.78, 5) is 4.10. The number of nitrogens with two attached hydrogens (primary N) is 1. The topological polar surface area (TPSA) is 38.9 Å². The van der Waals surface area contributed by atoms with Crippen LogP contribution < -0.4 is 5.73 Å². The van der Waals surface area contributed by atoms with Crippen molar-refractivity contribution in [2.75, 3.05) is 5.73 Å². The van der Waals surface area contributed by atoms with Crippen molar-refractivity contribution in [1.29, 1.82) is 0 Å². The van der Waals surface area contributed by atoms with Gasteiger partial charge in [-0.25, -0.2) is 4.98 Å². The third-order valence-corrected chi connectivity index (χ3v) is 2.29. The van der Waals surface area contributed by atoms with E-state index in [1.165, 1.54) is 30.4 Å². The second kappa shape index (κ2) is 4.85. The predicted octanol–water partition coefficient (Wildman–Crippen LogP) is 2.70. The Morgan fingerprint density at radius 3 is 2.77 bits per heavy atom. The molecule has 0 saturated heterocycles. The van der Waals surface area contributed by atoms with Crippen molar-refractivity contribution in [3.63, 3.8) is 0 Å². The van der Waals surface area contributed by atoms with Crippen LogP contribution in [0.1, 0.15) is 37.3 Å². The van der Waals surface area contributed by atoms with Crippen molar-refractivity contribution >= 4 is 5.82 Å². The van der Waals surface area contributed by atoms with Gasteiger partial charge < -0.3 is 5.73 Å². The molecule has 0 aliphatic rings. The Hall–Kier alpha value is -1.05. The van der Waals surface area contributed by atoms with Gasteiger partial charge in [0.05, 0.1) is 0 Å². The lowest BCUT2D eigenvalue weighted by Crippen LogP contribution is -1.96. The number of anilines is 1. The minimum absolute atomic E-state index is 0.622. The SMILES string of the molecule is CCCCCc1cnc(N)cc1C. The first kappa shape index (κ1) is 10.0. The van der Waals surface area contributed by atoms with Crippen LogP contribution >= 0.6 is 0 Å². The Bertz CT molecular complexity index is 269. The molecule has 0 saturated carbocycles. The van der Waals surface area contributed by atoms with Crippen LogP contribution in [0.5, 0.6) is 0 Å². The molecular formula is C11H18N2. The van der Waals surface area contributed by atoms with Gasteiger partial charge in [0, 0.05) is 6.20 Å². The predicted molar refractivity (Wildman–Crippen MR) is 56.6 cm³/mol. The van der Waals surface area contributed by atoms with Crippen LogP contribution in [-0.4, -0.2) is 4.98 Å². The summed E-state index contributed by atoms with van der Waals surface area (Å²) in [5.41, 5.74) is 8.17. The molecule has 0 atom stereocenters. The van der Waals surface area contributed by atoms with E-state index in [0.29, 0.717) is 5.82 Å². The first-order valence-electron chi connectivity index (χ1n) is 4.95. The Morgan fingerprint density at radius 2 is 2.15 bits per heavy atom. The molecule has 0 amide bonds. The van der Waals surface area contributed by atoms with Gasteiger partial charge in [-0.15, -0.1) is 0 Å². The quantitative estimate of drug-likeness (QED) is 0.720. The fourth-order valence-electron chi connectivity index (χ4n) is 1.43. The Kier molecular flexibility index (Phi) is 3.74. The minimum atomic E-state index is 0.622. The highest BCUT2D eigenvalue weighted by Gasteiger charge is 1.98. The van der Waals surface area contributed by atoms with Crippen molar-refractivity contribution in [3.8, 4) is 0 Å². The lowest BCUT2D eigenvalue weighted by molar-refractivity contribution is 0.714. The summed E-state index contributed by atoms with van der Waals surface area (Å²) in [6.45, 7) is 4.31. The maximum Gasteiger partial charge on any atom is 0.123 e. The average Bonchev–Trinajstić information content (AvgIpc) is 2.09. The smallest absolute Gasteiger partial charge is 0.123 e. The van der Waals surface area contributed by atoms with E-state index in [1.807, 2.05) is 12.3 Å². The minimum Gasteiger partial charge on any atom is -0.384 e. The largest absolute Gasteiger partial charge is 0.384 e. The van der Waals surface area contributed by atoms with E-state index in [9.17, 15) is 0 Å². The van der Waals surface area contributed by atoms with E-state index >= 15 is 0 Å². The zero-order valence-corrected chi connectivity index (χ0v) is 8.51. The van der Waals surface area contributed by atoms with E-state index < -0.39 is 0 Å². The molecule has 1 heterocycles. The van der Waals surface area contributed by atoms with Gasteiger partial charge >= 0.3 is 0 Å². The van der Waals surface area contributed by atoms with Gasteiger partial charge in [0.15, 0.2) is 0 Å². The molecule has 0 unspecified atom stereocenters. The first-order valence-corrected chi connectivity index (χ1v) is 4.95. The van der Waals surface area contributed by atoms with Crippen LogP contribution in [0.3, 0.4) is 0 Å². The van der Waals surface area contributed by atoms with E-state index in [-0.39, 0.29) is 0 Å². The molecule has 0 bridgehead atoms. The van der Waals surface area contributed by atoms with Crippen LogP contribution in [-0.2, 0) is 6.42 Å². The number of aryl methyl sites for hydroxylation is 2. The van der Waals surface area contributed by atoms with E-state index in [4.69, 9.17) is 5.73 Å². The van der Waals surface area contributed by atoms with Crippen LogP contribution in [0.2, 0.25) is 0 Å². The van der Waals surface area contributed by atoms with Gasteiger partial charge in [-0.3, -0.25) is 0 Å². The molecule has 2 heteroatoms. The fourth-order valence-corrected chi connectivity index (χ4v) is 1.43. The molecule has 2 nitrogen and oxygen atoms in total. The third kappa shape index (κ3) is 3.05. The molecule has 0 aromatic carbocycles. The van der Waals surface area contributed by atoms with Gasteiger partial charge in [0.25, 0.3) is 0 Å². The van der Waals surface area contributed by atoms with Crippen molar-refractivity contribution < 1.29 is 0 Å². The van der Waals surface area contributed by atoms with E-state index in [1.54, 1.807) is 0 Å². The van der Waals surface area contributed by atoms with E-state index in [2.05, 4.69) is 18.8 Å². The highest BCUT2D eigenvalue weighted by molar-refractivity contribution is 5.36. The highest BCUT2D eigenvalue weighted by Crippen LogP contribution is 2.12. The van der Waals surface area contributed by atoms with Gasteiger partial charge in [0.2, 0.25) is 0 Å². The summed E-state index contributed by atoms with van der Waals surface area (Å²) in [6.07, 6.45) is 6.85. The van der Waals surface area contributed by atoms with Crippen LogP contribution in [0.15, 0.2) is 12.3 Å². The Balaban J connectivity index is 2.56. The average molecular weight is 178 g/mol. The lowest BCUT2D eigenvalue weighted by atomic mass is 10.0. The number of pyridine rings is 1. The van der Waals surface area contributed by atoms with Crippen molar-refractivity contribution in [3.05, 3.63) is 23.4 Å². The molecule has 72 valence electrons. The van der Waals surface area contributed by atoms with Gasteiger partial charge in [-0.2, -0.15) is 0 Å². The summed E-state index contributed by atoms with van der Waals surface area (Å²) >= 11 is 0. The maximum absolute atomic E-state index is 5.57. The lowest BCUT2D eigenvalue weighted by Gasteiger charge is -2.04. The number of unbranched alkanes of at least 4 members (excludes halogenated alkanes) is 2. The number of nitrogens with zero attached hydrogens (tertiary/aromatic N) is 1. The number of hydrogen-bond acceptors (Lipinski definition) is 2. The Morgan fingerprint density at radius 1 is 1.38 bits per heavy atom. The molecule has 1 rings (SSSR count). The molecule has 13 heavy (non-hydrogen) atoms. The summed E-state index contributed by atoms with van der Waals surface area (Å²) in [5, 5.41) is 0. The number of aromatic nitrogens is 1. The second-order valence-electron chi connectivity index (χ2n) is 3.49. The third-order valence-electron chi connectivity index (χ3n) is 2.29. The summed E-state index contributed by atoms with van der Waals surface area (Å²) in [6, 6.07) is 1.95. The van der Waals surface area contributed by atoms with Crippen molar-refractivity contribution in [2.24, 2.45) is 0 Å². The van der Waals surface area contributed by atoms with Crippen LogP contribution in [0.4, 0.5) is 5.82 Å². The van der Waals surface area contributed by atoms with Gasteiger partial charge in [-0.05, 0) is 37.0 Å². The molecule has 0 fully saturated rings. The van der Waals surface area contributed by atoms with E-state index in [0.717, 1.165) is 6.42 Å². The fraction of sp³-hybridized carbons (Fsp3) is 0.545. The molecule has 2 N–H and O–H groups in total. The summed E-state index contributed by atoms with van der Waals surface area (Å²) in [5.74, 6) is 0.622. The second-order valence-corrected chi connectivity index (χ2v) is 3.49. The molecule has 0 aliphatic carbocycles. The number of rotatable bonds is 4. The molecular weight excluding hydrogens is 160 g/mol. The highest BCUT2D eigenvalue weighted by atomic mass is 14.8.